The van der Waals surface area contributed by atoms with E-state index < -0.39 is 0 Å². The molecule has 0 aromatic carbocycles. The third kappa shape index (κ3) is 2.71. The lowest BCUT2D eigenvalue weighted by molar-refractivity contribution is 0.102. The second-order valence-electron chi connectivity index (χ2n) is 4.27. The summed E-state index contributed by atoms with van der Waals surface area (Å²) in [4.78, 5) is 24.2. The number of anilines is 2. The number of carbonyl (C=O) groups is 1. The maximum Gasteiger partial charge on any atom is 0.276 e. The number of hydrogen-bond acceptors (Lipinski definition) is 5. The molecule has 7 nitrogen and oxygen atoms in total. The SMILES string of the molecule is Nc1cccnc1C(=O)Nc1ccc(-n2ccnc2)nc1. The molecule has 21 heavy (non-hydrogen) atoms. The zero-order valence-electron chi connectivity index (χ0n) is 11.0. The van der Waals surface area contributed by atoms with E-state index in [2.05, 4.69) is 20.3 Å². The van der Waals surface area contributed by atoms with E-state index in [1.165, 1.54) is 6.20 Å². The topological polar surface area (TPSA) is 98.7 Å². The fourth-order valence-corrected chi connectivity index (χ4v) is 1.81. The molecule has 3 aromatic heterocycles. The molecule has 0 spiro atoms. The van der Waals surface area contributed by atoms with Crippen LogP contribution in [0.1, 0.15) is 10.5 Å². The Labute approximate surface area is 120 Å². The van der Waals surface area contributed by atoms with Gasteiger partial charge in [-0.15, -0.1) is 0 Å². The van der Waals surface area contributed by atoms with E-state index in [9.17, 15) is 4.79 Å². The Hall–Kier alpha value is -3.22. The van der Waals surface area contributed by atoms with Gasteiger partial charge in [0.25, 0.3) is 5.91 Å². The molecule has 3 aromatic rings. The van der Waals surface area contributed by atoms with Crippen molar-refractivity contribution in [3.63, 3.8) is 0 Å². The molecule has 0 bridgehead atoms. The van der Waals surface area contributed by atoms with Crippen molar-refractivity contribution in [1.82, 2.24) is 19.5 Å². The van der Waals surface area contributed by atoms with Crippen molar-refractivity contribution in [1.29, 1.82) is 0 Å². The van der Waals surface area contributed by atoms with E-state index in [4.69, 9.17) is 5.73 Å². The van der Waals surface area contributed by atoms with Crippen LogP contribution in [0.2, 0.25) is 0 Å². The van der Waals surface area contributed by atoms with E-state index in [1.54, 1.807) is 53.8 Å². The summed E-state index contributed by atoms with van der Waals surface area (Å²) in [6, 6.07) is 6.83. The molecular formula is C14H12N6O. The van der Waals surface area contributed by atoms with E-state index in [-0.39, 0.29) is 11.6 Å². The summed E-state index contributed by atoms with van der Waals surface area (Å²) in [5, 5.41) is 2.70. The third-order valence-electron chi connectivity index (χ3n) is 2.83. The van der Waals surface area contributed by atoms with Gasteiger partial charge in [-0.25, -0.2) is 15.0 Å². The Balaban J connectivity index is 1.77. The van der Waals surface area contributed by atoms with E-state index in [0.29, 0.717) is 17.2 Å². The summed E-state index contributed by atoms with van der Waals surface area (Å²) >= 11 is 0. The second kappa shape index (κ2) is 5.41. The van der Waals surface area contributed by atoms with Gasteiger partial charge in [0.2, 0.25) is 0 Å². The summed E-state index contributed by atoms with van der Waals surface area (Å²) in [7, 11) is 0. The highest BCUT2D eigenvalue weighted by atomic mass is 16.1. The zero-order valence-corrected chi connectivity index (χ0v) is 11.0. The van der Waals surface area contributed by atoms with Gasteiger partial charge in [-0.3, -0.25) is 9.36 Å². The maximum atomic E-state index is 12.1. The Morgan fingerprint density at radius 3 is 2.76 bits per heavy atom. The lowest BCUT2D eigenvalue weighted by Crippen LogP contribution is -2.15. The van der Waals surface area contributed by atoms with Crippen LogP contribution in [0.3, 0.4) is 0 Å². The number of nitrogens with two attached hydrogens (primary N) is 1. The highest BCUT2D eigenvalue weighted by molar-refractivity contribution is 6.06. The van der Waals surface area contributed by atoms with Crippen molar-refractivity contribution < 1.29 is 4.79 Å². The van der Waals surface area contributed by atoms with Gasteiger partial charge >= 0.3 is 0 Å². The number of nitrogens with one attached hydrogen (secondary N) is 1. The largest absolute Gasteiger partial charge is 0.397 e. The van der Waals surface area contributed by atoms with Gasteiger partial charge in [-0.1, -0.05) is 0 Å². The molecule has 3 heterocycles. The van der Waals surface area contributed by atoms with Gasteiger partial charge in [0.15, 0.2) is 5.69 Å². The van der Waals surface area contributed by atoms with Crippen LogP contribution in [0, 0.1) is 0 Å². The molecule has 0 unspecified atom stereocenters. The van der Waals surface area contributed by atoms with Crippen LogP contribution in [0.25, 0.3) is 5.82 Å². The quantitative estimate of drug-likeness (QED) is 0.757. The Morgan fingerprint density at radius 1 is 1.19 bits per heavy atom. The molecule has 0 fully saturated rings. The first-order chi connectivity index (χ1) is 10.2. The summed E-state index contributed by atoms with van der Waals surface area (Å²) in [6.45, 7) is 0. The van der Waals surface area contributed by atoms with Crippen molar-refractivity contribution in [2.75, 3.05) is 11.1 Å². The minimum absolute atomic E-state index is 0.191. The lowest BCUT2D eigenvalue weighted by Gasteiger charge is -2.07. The fraction of sp³-hybridized carbons (Fsp3) is 0. The van der Waals surface area contributed by atoms with Crippen LogP contribution in [0.15, 0.2) is 55.4 Å². The van der Waals surface area contributed by atoms with Gasteiger partial charge in [0.1, 0.15) is 12.1 Å². The predicted molar refractivity (Wildman–Crippen MR) is 78.0 cm³/mol. The van der Waals surface area contributed by atoms with Crippen molar-refractivity contribution >= 4 is 17.3 Å². The molecule has 0 saturated carbocycles. The monoisotopic (exact) mass is 280 g/mol. The third-order valence-corrected chi connectivity index (χ3v) is 2.83. The molecule has 1 amide bonds. The highest BCUT2D eigenvalue weighted by Crippen LogP contribution is 2.13. The average molecular weight is 280 g/mol. The molecule has 104 valence electrons. The molecule has 3 rings (SSSR count). The number of carbonyl (C=O) groups excluding carboxylic acids is 1. The molecule has 0 aliphatic heterocycles. The summed E-state index contributed by atoms with van der Waals surface area (Å²) in [6.07, 6.45) is 8.18. The zero-order chi connectivity index (χ0) is 14.7. The van der Waals surface area contributed by atoms with E-state index in [1.807, 2.05) is 0 Å². The van der Waals surface area contributed by atoms with Crippen LogP contribution in [-0.4, -0.2) is 25.4 Å². The van der Waals surface area contributed by atoms with Crippen LogP contribution >= 0.6 is 0 Å². The average Bonchev–Trinajstić information content (AvgIpc) is 3.02. The first-order valence-corrected chi connectivity index (χ1v) is 6.20. The molecule has 0 saturated heterocycles. The van der Waals surface area contributed by atoms with E-state index in [0.717, 1.165) is 0 Å². The Morgan fingerprint density at radius 2 is 2.10 bits per heavy atom. The number of aromatic nitrogens is 4. The van der Waals surface area contributed by atoms with Gasteiger partial charge in [0.05, 0.1) is 17.6 Å². The van der Waals surface area contributed by atoms with Crippen molar-refractivity contribution in [3.8, 4) is 5.82 Å². The smallest absolute Gasteiger partial charge is 0.276 e. The molecule has 7 heteroatoms. The standard InChI is InChI=1S/C14H12N6O/c15-11-2-1-5-17-13(11)14(21)19-10-3-4-12(18-8-10)20-7-6-16-9-20/h1-9H,15H2,(H,19,21). The summed E-state index contributed by atoms with van der Waals surface area (Å²) in [5.41, 5.74) is 6.80. The van der Waals surface area contributed by atoms with Gasteiger partial charge in [-0.2, -0.15) is 0 Å². The highest BCUT2D eigenvalue weighted by Gasteiger charge is 2.11. The molecule has 0 radical (unpaired) electrons. The lowest BCUT2D eigenvalue weighted by atomic mass is 10.3. The first-order valence-electron chi connectivity index (χ1n) is 6.20. The predicted octanol–water partition coefficient (Wildman–Crippen LogP) is 1.50. The van der Waals surface area contributed by atoms with Crippen LogP contribution < -0.4 is 11.1 Å². The summed E-state index contributed by atoms with van der Waals surface area (Å²) < 4.78 is 1.77. The van der Waals surface area contributed by atoms with E-state index >= 15 is 0 Å². The first kappa shape index (κ1) is 12.8. The number of amides is 1. The summed E-state index contributed by atoms with van der Waals surface area (Å²) in [5.74, 6) is 0.341. The number of imidazole rings is 1. The number of nitrogens with zero attached hydrogens (tertiary/aromatic N) is 4. The molecule has 0 atom stereocenters. The number of rotatable bonds is 3. The van der Waals surface area contributed by atoms with Crippen molar-refractivity contribution in [3.05, 3.63) is 61.1 Å². The minimum Gasteiger partial charge on any atom is -0.397 e. The molecule has 3 N–H and O–H groups in total. The van der Waals surface area contributed by atoms with Crippen LogP contribution in [0.4, 0.5) is 11.4 Å². The molecule has 0 aliphatic rings. The van der Waals surface area contributed by atoms with Gasteiger partial charge in [-0.05, 0) is 24.3 Å². The van der Waals surface area contributed by atoms with Gasteiger partial charge < -0.3 is 11.1 Å². The van der Waals surface area contributed by atoms with Crippen molar-refractivity contribution in [2.24, 2.45) is 0 Å². The van der Waals surface area contributed by atoms with Gasteiger partial charge in [0, 0.05) is 18.6 Å². The normalized spacial score (nSPS) is 10.3. The second-order valence-corrected chi connectivity index (χ2v) is 4.27. The Kier molecular flexibility index (Phi) is 3.30. The number of nitrogen functional groups attached to an aromatic ring is 1. The van der Waals surface area contributed by atoms with Crippen molar-refractivity contribution in [2.45, 2.75) is 0 Å². The Bertz CT molecular complexity index is 751. The minimum atomic E-state index is -0.370. The molecule has 0 aliphatic carbocycles. The maximum absolute atomic E-state index is 12.1. The van der Waals surface area contributed by atoms with Crippen LogP contribution in [0.5, 0.6) is 0 Å². The molecular weight excluding hydrogens is 268 g/mol. The number of pyridine rings is 2. The fourth-order valence-electron chi connectivity index (χ4n) is 1.81. The van der Waals surface area contributed by atoms with Crippen LogP contribution in [-0.2, 0) is 0 Å². The number of hydrogen-bond donors (Lipinski definition) is 2.